The minimum absolute atomic E-state index is 0.00554. The van der Waals surface area contributed by atoms with E-state index >= 15 is 0 Å². The van der Waals surface area contributed by atoms with Gasteiger partial charge in [0.25, 0.3) is 0 Å². The van der Waals surface area contributed by atoms with Crippen molar-refractivity contribution in [3.05, 3.63) is 23.8 Å². The average molecular weight is 348 g/mol. The van der Waals surface area contributed by atoms with Crippen molar-refractivity contribution in [2.75, 3.05) is 40.4 Å². The Morgan fingerprint density at radius 1 is 1.00 bits per heavy atom. The monoisotopic (exact) mass is 348 g/mol. The van der Waals surface area contributed by atoms with Crippen molar-refractivity contribution < 1.29 is 19.1 Å². The number of nitrogens with zero attached hydrogens (tertiary/aromatic N) is 2. The van der Waals surface area contributed by atoms with Gasteiger partial charge in [0.2, 0.25) is 11.8 Å². The zero-order chi connectivity index (χ0) is 18.4. The molecule has 1 fully saturated rings. The average Bonchev–Trinajstić information content (AvgIpc) is 2.86. The molecule has 0 spiro atoms. The third-order valence-corrected chi connectivity index (χ3v) is 4.46. The number of rotatable bonds is 5. The Morgan fingerprint density at radius 3 is 2.28 bits per heavy atom. The van der Waals surface area contributed by atoms with E-state index in [0.717, 1.165) is 18.5 Å². The van der Waals surface area contributed by atoms with Crippen molar-refractivity contribution in [3.8, 4) is 11.5 Å². The van der Waals surface area contributed by atoms with Crippen LogP contribution in [0.5, 0.6) is 11.5 Å². The summed E-state index contributed by atoms with van der Waals surface area (Å²) in [7, 11) is 3.17. The van der Waals surface area contributed by atoms with Gasteiger partial charge in [-0.05, 0) is 24.1 Å². The summed E-state index contributed by atoms with van der Waals surface area (Å²) >= 11 is 0. The van der Waals surface area contributed by atoms with Crippen LogP contribution in [0.3, 0.4) is 0 Å². The third-order valence-electron chi connectivity index (χ3n) is 4.46. The molecule has 0 aromatic heterocycles. The maximum Gasteiger partial charge on any atom is 0.227 e. The molecule has 1 aromatic carbocycles. The Balaban J connectivity index is 1.98. The van der Waals surface area contributed by atoms with Crippen molar-refractivity contribution in [3.63, 3.8) is 0 Å². The molecule has 0 bridgehead atoms. The second-order valence-corrected chi connectivity index (χ2v) is 6.58. The molecular weight excluding hydrogens is 320 g/mol. The molecule has 1 aliphatic heterocycles. The van der Waals surface area contributed by atoms with E-state index in [4.69, 9.17) is 9.47 Å². The van der Waals surface area contributed by atoms with Gasteiger partial charge >= 0.3 is 0 Å². The molecule has 0 atom stereocenters. The summed E-state index contributed by atoms with van der Waals surface area (Å²) in [5, 5.41) is 0. The Morgan fingerprint density at radius 2 is 1.64 bits per heavy atom. The van der Waals surface area contributed by atoms with E-state index in [1.54, 1.807) is 14.2 Å². The number of amides is 2. The largest absolute Gasteiger partial charge is 0.493 e. The number of ether oxygens (including phenoxy) is 2. The van der Waals surface area contributed by atoms with Gasteiger partial charge in [-0.3, -0.25) is 9.59 Å². The Hall–Kier alpha value is -2.24. The van der Waals surface area contributed by atoms with Crippen LogP contribution in [0.15, 0.2) is 18.2 Å². The Bertz CT molecular complexity index is 615. The third kappa shape index (κ3) is 4.87. The summed E-state index contributed by atoms with van der Waals surface area (Å²) in [5.74, 6) is 1.50. The smallest absolute Gasteiger partial charge is 0.227 e. The van der Waals surface area contributed by atoms with Crippen LogP contribution in [-0.2, 0) is 16.0 Å². The second kappa shape index (κ2) is 8.74. The first kappa shape index (κ1) is 19.1. The molecule has 1 saturated heterocycles. The van der Waals surface area contributed by atoms with Crippen LogP contribution in [0.4, 0.5) is 0 Å². The molecule has 0 saturated carbocycles. The van der Waals surface area contributed by atoms with Crippen LogP contribution in [-0.4, -0.2) is 62.0 Å². The quantitative estimate of drug-likeness (QED) is 0.816. The molecule has 0 radical (unpaired) electrons. The lowest BCUT2D eigenvalue weighted by Gasteiger charge is -2.23. The van der Waals surface area contributed by atoms with E-state index in [2.05, 4.69) is 0 Å². The van der Waals surface area contributed by atoms with E-state index in [1.807, 2.05) is 41.8 Å². The minimum atomic E-state index is -0.00554. The predicted molar refractivity (Wildman–Crippen MR) is 95.9 cm³/mol. The summed E-state index contributed by atoms with van der Waals surface area (Å²) in [4.78, 5) is 28.5. The van der Waals surface area contributed by atoms with Gasteiger partial charge in [0.15, 0.2) is 11.5 Å². The summed E-state index contributed by atoms with van der Waals surface area (Å²) in [5.41, 5.74) is 0.891. The first-order valence-corrected chi connectivity index (χ1v) is 8.73. The maximum absolute atomic E-state index is 12.6. The van der Waals surface area contributed by atoms with Gasteiger partial charge in [0, 0.05) is 32.1 Å². The molecule has 6 nitrogen and oxygen atoms in total. The number of benzene rings is 1. The summed E-state index contributed by atoms with van der Waals surface area (Å²) < 4.78 is 10.5. The van der Waals surface area contributed by atoms with Gasteiger partial charge in [-0.25, -0.2) is 0 Å². The van der Waals surface area contributed by atoms with Crippen molar-refractivity contribution >= 4 is 11.8 Å². The Labute approximate surface area is 149 Å². The molecule has 2 rings (SSSR count). The number of hydrogen-bond acceptors (Lipinski definition) is 4. The second-order valence-electron chi connectivity index (χ2n) is 6.58. The van der Waals surface area contributed by atoms with Crippen molar-refractivity contribution in [2.24, 2.45) is 5.92 Å². The molecule has 138 valence electrons. The summed E-state index contributed by atoms with van der Waals surface area (Å²) in [6, 6.07) is 5.53. The highest BCUT2D eigenvalue weighted by atomic mass is 16.5. The molecule has 1 aromatic rings. The molecule has 1 aliphatic rings. The fraction of sp³-hybridized carbons (Fsp3) is 0.579. The van der Waals surface area contributed by atoms with Crippen LogP contribution in [0.2, 0.25) is 0 Å². The molecule has 0 aliphatic carbocycles. The minimum Gasteiger partial charge on any atom is -0.493 e. The lowest BCUT2D eigenvalue weighted by atomic mass is 10.1. The fourth-order valence-corrected chi connectivity index (χ4v) is 3.03. The zero-order valence-corrected chi connectivity index (χ0v) is 15.6. The highest BCUT2D eigenvalue weighted by Gasteiger charge is 2.23. The maximum atomic E-state index is 12.6. The molecule has 2 amide bonds. The highest BCUT2D eigenvalue weighted by molar-refractivity contribution is 5.80. The van der Waals surface area contributed by atoms with Crippen molar-refractivity contribution in [2.45, 2.75) is 26.7 Å². The lowest BCUT2D eigenvalue weighted by molar-refractivity contribution is -0.135. The van der Waals surface area contributed by atoms with Gasteiger partial charge in [-0.2, -0.15) is 0 Å². The zero-order valence-electron chi connectivity index (χ0n) is 15.6. The Kier molecular flexibility index (Phi) is 6.67. The number of hydrogen-bond donors (Lipinski definition) is 0. The topological polar surface area (TPSA) is 59.1 Å². The van der Waals surface area contributed by atoms with Crippen molar-refractivity contribution in [1.29, 1.82) is 0 Å². The number of methoxy groups -OCH3 is 2. The van der Waals surface area contributed by atoms with Crippen LogP contribution < -0.4 is 9.47 Å². The van der Waals surface area contributed by atoms with E-state index in [1.165, 1.54) is 0 Å². The number of carbonyl (C=O) groups excluding carboxylic acids is 2. The standard InChI is InChI=1S/C19H28N2O4/c1-14(2)19(23)21-9-5-8-20(10-11-21)18(22)13-15-6-7-16(24-3)17(12-15)25-4/h6-7,12,14H,5,8-11,13H2,1-4H3. The normalized spacial score (nSPS) is 15.1. The van der Waals surface area contributed by atoms with Gasteiger partial charge in [-0.15, -0.1) is 0 Å². The molecule has 1 heterocycles. The van der Waals surface area contributed by atoms with Crippen LogP contribution in [0, 0.1) is 5.92 Å². The molecule has 25 heavy (non-hydrogen) atoms. The van der Waals surface area contributed by atoms with E-state index in [0.29, 0.717) is 37.6 Å². The van der Waals surface area contributed by atoms with Crippen LogP contribution in [0.1, 0.15) is 25.8 Å². The van der Waals surface area contributed by atoms with E-state index in [-0.39, 0.29) is 17.7 Å². The summed E-state index contributed by atoms with van der Waals surface area (Å²) in [6.07, 6.45) is 1.13. The predicted octanol–water partition coefficient (Wildman–Crippen LogP) is 1.96. The van der Waals surface area contributed by atoms with Gasteiger partial charge in [0.1, 0.15) is 0 Å². The van der Waals surface area contributed by atoms with Gasteiger partial charge in [0.05, 0.1) is 20.6 Å². The molecule has 6 heteroatoms. The highest BCUT2D eigenvalue weighted by Crippen LogP contribution is 2.27. The van der Waals surface area contributed by atoms with Crippen LogP contribution in [0.25, 0.3) is 0 Å². The first-order chi connectivity index (χ1) is 12.0. The SMILES string of the molecule is COc1ccc(CC(=O)N2CCCN(C(=O)C(C)C)CC2)cc1OC. The molecule has 0 unspecified atom stereocenters. The summed E-state index contributed by atoms with van der Waals surface area (Å²) in [6.45, 7) is 6.42. The van der Waals surface area contributed by atoms with Crippen molar-refractivity contribution in [1.82, 2.24) is 9.80 Å². The molecule has 0 N–H and O–H groups in total. The van der Waals surface area contributed by atoms with E-state index < -0.39 is 0 Å². The number of carbonyl (C=O) groups is 2. The molecular formula is C19H28N2O4. The van der Waals surface area contributed by atoms with Gasteiger partial charge in [-0.1, -0.05) is 19.9 Å². The van der Waals surface area contributed by atoms with Gasteiger partial charge < -0.3 is 19.3 Å². The first-order valence-electron chi connectivity index (χ1n) is 8.73. The lowest BCUT2D eigenvalue weighted by Crippen LogP contribution is -2.39. The van der Waals surface area contributed by atoms with E-state index in [9.17, 15) is 9.59 Å². The van der Waals surface area contributed by atoms with Crippen LogP contribution >= 0.6 is 0 Å². The fourth-order valence-electron chi connectivity index (χ4n) is 3.03.